The number of carbonyl (C=O) groups excluding carboxylic acids is 1. The van der Waals surface area contributed by atoms with Gasteiger partial charge in [-0.05, 0) is 18.4 Å². The zero-order chi connectivity index (χ0) is 13.0. The molecule has 0 aliphatic carbocycles. The van der Waals surface area contributed by atoms with Gasteiger partial charge in [0.05, 0.1) is 9.90 Å². The monoisotopic (exact) mass is 357 g/mol. The van der Waals surface area contributed by atoms with E-state index in [2.05, 4.69) is 35.1 Å². The van der Waals surface area contributed by atoms with Crippen LogP contribution in [0.2, 0.25) is 8.67 Å². The minimum Gasteiger partial charge on any atom is -0.348 e. The molecule has 0 aromatic carbocycles. The van der Waals surface area contributed by atoms with E-state index in [-0.39, 0.29) is 11.9 Å². The van der Waals surface area contributed by atoms with Crippen molar-refractivity contribution >= 4 is 56.4 Å². The van der Waals surface area contributed by atoms with Gasteiger partial charge in [0.25, 0.3) is 5.91 Å². The fourth-order valence-electron chi connectivity index (χ4n) is 1.49. The summed E-state index contributed by atoms with van der Waals surface area (Å²) in [6.45, 7) is 4.24. The van der Waals surface area contributed by atoms with Gasteiger partial charge in [-0.3, -0.25) is 4.79 Å². The summed E-state index contributed by atoms with van der Waals surface area (Å²) in [5.74, 6) is 0.364. The van der Waals surface area contributed by atoms with Gasteiger partial charge in [-0.1, -0.05) is 53.0 Å². The molecule has 1 aromatic rings. The highest BCUT2D eigenvalue weighted by Gasteiger charge is 2.18. The van der Waals surface area contributed by atoms with Crippen LogP contribution in [-0.2, 0) is 0 Å². The summed E-state index contributed by atoms with van der Waals surface area (Å²) in [7, 11) is 0. The van der Waals surface area contributed by atoms with Gasteiger partial charge in [-0.2, -0.15) is 0 Å². The van der Waals surface area contributed by atoms with Crippen LogP contribution in [0.4, 0.5) is 0 Å². The molecule has 1 atom stereocenters. The molecule has 6 heteroatoms. The second kappa shape index (κ2) is 6.98. The fourth-order valence-corrected chi connectivity index (χ4v) is 3.37. The average molecular weight is 359 g/mol. The van der Waals surface area contributed by atoms with Crippen LogP contribution in [0.5, 0.6) is 0 Å². The Hall–Kier alpha value is 0.230. The van der Waals surface area contributed by atoms with Gasteiger partial charge in [-0.25, -0.2) is 0 Å². The summed E-state index contributed by atoms with van der Waals surface area (Å²) < 4.78 is 0.963. The lowest BCUT2D eigenvalue weighted by Gasteiger charge is -2.17. The molecule has 0 fully saturated rings. The van der Waals surface area contributed by atoms with Gasteiger partial charge in [0.2, 0.25) is 0 Å². The van der Waals surface area contributed by atoms with E-state index in [0.29, 0.717) is 20.2 Å². The van der Waals surface area contributed by atoms with E-state index in [4.69, 9.17) is 23.2 Å². The minimum absolute atomic E-state index is 0.109. The van der Waals surface area contributed by atoms with Crippen molar-refractivity contribution in [2.24, 2.45) is 5.92 Å². The Bertz CT molecular complexity index is 395. The lowest BCUT2D eigenvalue weighted by atomic mass is 10.1. The fraction of sp³-hybridized carbons (Fsp3) is 0.545. The van der Waals surface area contributed by atoms with Crippen molar-refractivity contribution in [2.45, 2.75) is 26.3 Å². The number of nitrogens with one attached hydrogen (secondary N) is 1. The van der Waals surface area contributed by atoms with Gasteiger partial charge in [-0.15, -0.1) is 11.3 Å². The van der Waals surface area contributed by atoms with Gasteiger partial charge >= 0.3 is 0 Å². The van der Waals surface area contributed by atoms with Crippen molar-refractivity contribution in [1.29, 1.82) is 0 Å². The van der Waals surface area contributed by atoms with Crippen LogP contribution in [0.3, 0.4) is 0 Å². The molecule has 0 bridgehead atoms. The Morgan fingerprint density at radius 1 is 1.53 bits per heavy atom. The lowest BCUT2D eigenvalue weighted by molar-refractivity contribution is 0.0938. The van der Waals surface area contributed by atoms with Crippen molar-refractivity contribution in [2.75, 3.05) is 5.33 Å². The molecule has 0 aliphatic rings. The van der Waals surface area contributed by atoms with E-state index < -0.39 is 0 Å². The average Bonchev–Trinajstić information content (AvgIpc) is 2.56. The predicted molar refractivity (Wildman–Crippen MR) is 78.8 cm³/mol. The minimum atomic E-state index is -0.164. The molecule has 1 aromatic heterocycles. The standard InChI is InChI=1S/C11H14BrCl2NOS/c1-6(2)3-7(5-12)15-11(16)8-4-9(13)17-10(8)14/h4,6-7H,3,5H2,1-2H3,(H,15,16). The second-order valence-corrected chi connectivity index (χ2v) is 7.13. The molecule has 0 radical (unpaired) electrons. The number of carbonyl (C=O) groups is 1. The van der Waals surface area contributed by atoms with Crippen LogP contribution in [0.25, 0.3) is 0 Å². The number of halogens is 3. The van der Waals surface area contributed by atoms with Crippen LogP contribution in [0, 0.1) is 5.92 Å². The largest absolute Gasteiger partial charge is 0.348 e. The summed E-state index contributed by atoms with van der Waals surface area (Å²) >= 11 is 16.3. The molecule has 0 aliphatic heterocycles. The molecule has 1 rings (SSSR count). The molecule has 0 saturated heterocycles. The Morgan fingerprint density at radius 2 is 2.18 bits per heavy atom. The molecule has 1 unspecified atom stereocenters. The van der Waals surface area contributed by atoms with Gasteiger partial charge < -0.3 is 5.32 Å². The van der Waals surface area contributed by atoms with Gasteiger partial charge in [0.1, 0.15) is 4.34 Å². The van der Waals surface area contributed by atoms with Crippen molar-refractivity contribution in [1.82, 2.24) is 5.32 Å². The third-order valence-corrected chi connectivity index (χ3v) is 4.45. The Morgan fingerprint density at radius 3 is 2.59 bits per heavy atom. The third-order valence-electron chi connectivity index (χ3n) is 2.18. The van der Waals surface area contributed by atoms with E-state index in [1.54, 1.807) is 6.07 Å². The Labute approximate surface area is 124 Å². The number of rotatable bonds is 5. The maximum absolute atomic E-state index is 12.0. The zero-order valence-corrected chi connectivity index (χ0v) is 13.5. The molecule has 1 N–H and O–H groups in total. The van der Waals surface area contributed by atoms with E-state index in [1.807, 2.05) is 0 Å². The highest BCUT2D eigenvalue weighted by molar-refractivity contribution is 9.09. The first-order valence-corrected chi connectivity index (χ1v) is 7.95. The zero-order valence-electron chi connectivity index (χ0n) is 9.60. The van der Waals surface area contributed by atoms with Crippen molar-refractivity contribution in [3.05, 3.63) is 20.3 Å². The van der Waals surface area contributed by atoms with E-state index in [0.717, 1.165) is 11.8 Å². The molecular weight excluding hydrogens is 345 g/mol. The first-order valence-electron chi connectivity index (χ1n) is 5.25. The number of alkyl halides is 1. The maximum Gasteiger partial charge on any atom is 0.253 e. The van der Waals surface area contributed by atoms with Crippen LogP contribution in [0.15, 0.2) is 6.07 Å². The quantitative estimate of drug-likeness (QED) is 0.766. The molecule has 2 nitrogen and oxygen atoms in total. The van der Waals surface area contributed by atoms with Crippen molar-refractivity contribution in [3.8, 4) is 0 Å². The van der Waals surface area contributed by atoms with Crippen LogP contribution < -0.4 is 5.32 Å². The molecule has 96 valence electrons. The molecule has 1 heterocycles. The molecule has 17 heavy (non-hydrogen) atoms. The normalized spacial score (nSPS) is 12.8. The highest BCUT2D eigenvalue weighted by Crippen LogP contribution is 2.31. The summed E-state index contributed by atoms with van der Waals surface area (Å²) in [6, 6.07) is 1.71. The smallest absolute Gasteiger partial charge is 0.253 e. The highest BCUT2D eigenvalue weighted by atomic mass is 79.9. The van der Waals surface area contributed by atoms with Crippen molar-refractivity contribution < 1.29 is 4.79 Å². The van der Waals surface area contributed by atoms with Gasteiger partial charge in [0, 0.05) is 11.4 Å². The predicted octanol–water partition coefficient (Wildman–Crippen LogP) is 4.59. The molecule has 1 amide bonds. The Kier molecular flexibility index (Phi) is 6.27. The lowest BCUT2D eigenvalue weighted by Crippen LogP contribution is -2.36. The summed E-state index contributed by atoms with van der Waals surface area (Å²) in [5, 5.41) is 3.67. The maximum atomic E-state index is 12.0. The van der Waals surface area contributed by atoms with Crippen molar-refractivity contribution in [3.63, 3.8) is 0 Å². The second-order valence-electron chi connectivity index (χ2n) is 4.19. The Balaban J connectivity index is 2.67. The topological polar surface area (TPSA) is 29.1 Å². The van der Waals surface area contributed by atoms with Crippen LogP contribution >= 0.6 is 50.5 Å². The molecule has 0 spiro atoms. The first-order chi connectivity index (χ1) is 7.93. The number of amides is 1. The number of hydrogen-bond acceptors (Lipinski definition) is 2. The summed E-state index contributed by atoms with van der Waals surface area (Å²) in [6.07, 6.45) is 0.923. The SMILES string of the molecule is CC(C)CC(CBr)NC(=O)c1cc(Cl)sc1Cl. The first kappa shape index (κ1) is 15.3. The third kappa shape index (κ3) is 4.78. The molecular formula is C11H14BrCl2NOS. The van der Waals surface area contributed by atoms with Crippen LogP contribution in [-0.4, -0.2) is 17.3 Å². The number of thiophene rings is 1. The summed E-state index contributed by atoms with van der Waals surface area (Å²) in [4.78, 5) is 12.0. The number of hydrogen-bond donors (Lipinski definition) is 1. The molecule has 0 saturated carbocycles. The van der Waals surface area contributed by atoms with E-state index >= 15 is 0 Å². The van der Waals surface area contributed by atoms with Crippen LogP contribution in [0.1, 0.15) is 30.6 Å². The summed E-state index contributed by atoms with van der Waals surface area (Å²) in [5.41, 5.74) is 0.455. The van der Waals surface area contributed by atoms with E-state index in [9.17, 15) is 4.79 Å². The van der Waals surface area contributed by atoms with Gasteiger partial charge in [0.15, 0.2) is 0 Å². The van der Waals surface area contributed by atoms with E-state index in [1.165, 1.54) is 11.3 Å².